The number of rotatable bonds is 6. The first-order chi connectivity index (χ1) is 14.3. The minimum Gasteiger partial charge on any atom is -0.449 e. The number of ether oxygens (including phenoxy) is 1. The van der Waals surface area contributed by atoms with Crippen LogP contribution in [0.2, 0.25) is 0 Å². The van der Waals surface area contributed by atoms with Gasteiger partial charge in [0.25, 0.3) is 5.91 Å². The Morgan fingerprint density at radius 3 is 1.90 bits per heavy atom. The lowest BCUT2D eigenvalue weighted by atomic mass is 9.98. The highest BCUT2D eigenvalue weighted by Crippen LogP contribution is 2.18. The largest absolute Gasteiger partial charge is 0.449 e. The van der Waals surface area contributed by atoms with Crippen molar-refractivity contribution in [3.63, 3.8) is 0 Å². The van der Waals surface area contributed by atoms with E-state index in [1.54, 1.807) is 42.5 Å². The molecular formula is C25H23NO4. The molecule has 0 saturated heterocycles. The molecule has 0 heterocycles. The molecule has 1 N–H and O–H groups in total. The van der Waals surface area contributed by atoms with E-state index in [0.29, 0.717) is 11.3 Å². The summed E-state index contributed by atoms with van der Waals surface area (Å²) >= 11 is 0. The molecule has 0 saturated carbocycles. The van der Waals surface area contributed by atoms with Crippen molar-refractivity contribution in [1.82, 2.24) is 0 Å². The van der Waals surface area contributed by atoms with Crippen LogP contribution in [0.5, 0.6) is 0 Å². The zero-order chi connectivity index (χ0) is 21.7. The van der Waals surface area contributed by atoms with Crippen molar-refractivity contribution in [3.05, 3.63) is 101 Å². The fraction of sp³-hybridized carbons (Fsp3) is 0.160. The SMILES string of the molecule is Cc1ccc(NC(=O)[C@H](C)OC(=O)c2ccccc2C(=O)c2ccc(C)cc2)cc1. The topological polar surface area (TPSA) is 72.5 Å². The van der Waals surface area contributed by atoms with Gasteiger partial charge in [0, 0.05) is 16.8 Å². The average molecular weight is 401 g/mol. The molecule has 0 bridgehead atoms. The Morgan fingerprint density at radius 1 is 0.767 bits per heavy atom. The first-order valence-corrected chi connectivity index (χ1v) is 9.64. The van der Waals surface area contributed by atoms with Crippen molar-refractivity contribution in [2.24, 2.45) is 0 Å². The van der Waals surface area contributed by atoms with E-state index >= 15 is 0 Å². The molecule has 0 radical (unpaired) electrons. The highest BCUT2D eigenvalue weighted by atomic mass is 16.5. The van der Waals surface area contributed by atoms with Gasteiger partial charge in [-0.1, -0.05) is 65.7 Å². The van der Waals surface area contributed by atoms with E-state index in [9.17, 15) is 14.4 Å². The minimum absolute atomic E-state index is 0.123. The number of esters is 1. The minimum atomic E-state index is -1.03. The maximum absolute atomic E-state index is 12.9. The summed E-state index contributed by atoms with van der Waals surface area (Å²) in [6.45, 7) is 5.37. The summed E-state index contributed by atoms with van der Waals surface area (Å²) in [7, 11) is 0. The summed E-state index contributed by atoms with van der Waals surface area (Å²) < 4.78 is 5.34. The molecule has 0 fully saturated rings. The van der Waals surface area contributed by atoms with Crippen molar-refractivity contribution in [2.45, 2.75) is 26.9 Å². The van der Waals surface area contributed by atoms with Gasteiger partial charge in [0.05, 0.1) is 5.56 Å². The van der Waals surface area contributed by atoms with Crippen LogP contribution in [0, 0.1) is 13.8 Å². The monoisotopic (exact) mass is 401 g/mol. The maximum Gasteiger partial charge on any atom is 0.339 e. The Bertz CT molecular complexity index is 1070. The molecule has 0 aliphatic carbocycles. The summed E-state index contributed by atoms with van der Waals surface area (Å²) in [5.41, 5.74) is 3.56. The van der Waals surface area contributed by atoms with Gasteiger partial charge in [0.1, 0.15) is 0 Å². The Kier molecular flexibility index (Phi) is 6.42. The van der Waals surface area contributed by atoms with Crippen LogP contribution in [0.15, 0.2) is 72.8 Å². The lowest BCUT2D eigenvalue weighted by Gasteiger charge is -2.15. The maximum atomic E-state index is 12.9. The number of amides is 1. The molecule has 0 aliphatic rings. The second kappa shape index (κ2) is 9.18. The van der Waals surface area contributed by atoms with Gasteiger partial charge in [-0.15, -0.1) is 0 Å². The molecule has 3 aromatic carbocycles. The number of hydrogen-bond donors (Lipinski definition) is 1. The van der Waals surface area contributed by atoms with Crippen molar-refractivity contribution in [3.8, 4) is 0 Å². The Balaban J connectivity index is 1.73. The van der Waals surface area contributed by atoms with Crippen LogP contribution in [0.1, 0.15) is 44.3 Å². The lowest BCUT2D eigenvalue weighted by Crippen LogP contribution is -2.30. The van der Waals surface area contributed by atoms with Gasteiger partial charge >= 0.3 is 5.97 Å². The molecule has 0 unspecified atom stereocenters. The fourth-order valence-corrected chi connectivity index (χ4v) is 2.88. The van der Waals surface area contributed by atoms with E-state index in [1.807, 2.05) is 38.1 Å². The molecule has 152 valence electrons. The van der Waals surface area contributed by atoms with E-state index in [1.165, 1.54) is 13.0 Å². The first kappa shape index (κ1) is 21.0. The molecule has 0 aliphatic heterocycles. The number of benzene rings is 3. The average Bonchev–Trinajstić information content (AvgIpc) is 2.75. The fourth-order valence-electron chi connectivity index (χ4n) is 2.88. The second-order valence-corrected chi connectivity index (χ2v) is 7.14. The quantitative estimate of drug-likeness (QED) is 0.479. The van der Waals surface area contributed by atoms with Gasteiger partial charge in [-0.05, 0) is 39.0 Å². The Labute approximate surface area is 175 Å². The zero-order valence-corrected chi connectivity index (χ0v) is 17.1. The van der Waals surface area contributed by atoms with Crippen molar-refractivity contribution in [1.29, 1.82) is 0 Å². The molecule has 0 spiro atoms. The van der Waals surface area contributed by atoms with E-state index < -0.39 is 18.0 Å². The predicted molar refractivity (Wildman–Crippen MR) is 116 cm³/mol. The molecule has 3 rings (SSSR count). The third kappa shape index (κ3) is 5.00. The summed E-state index contributed by atoms with van der Waals surface area (Å²) in [4.78, 5) is 38.0. The highest BCUT2D eigenvalue weighted by molar-refractivity contribution is 6.14. The number of carbonyl (C=O) groups is 3. The van der Waals surface area contributed by atoms with Gasteiger partial charge in [-0.25, -0.2) is 4.79 Å². The van der Waals surface area contributed by atoms with Gasteiger partial charge in [0.2, 0.25) is 0 Å². The second-order valence-electron chi connectivity index (χ2n) is 7.14. The van der Waals surface area contributed by atoms with Crippen LogP contribution in [-0.4, -0.2) is 23.8 Å². The summed E-state index contributed by atoms with van der Waals surface area (Å²) in [6, 6.07) is 20.9. The van der Waals surface area contributed by atoms with Crippen molar-refractivity contribution in [2.75, 3.05) is 5.32 Å². The Hall–Kier alpha value is -3.73. The molecular weight excluding hydrogens is 378 g/mol. The van der Waals surface area contributed by atoms with E-state index in [2.05, 4.69) is 5.32 Å². The predicted octanol–water partition coefficient (Wildman–Crippen LogP) is 4.72. The van der Waals surface area contributed by atoms with E-state index in [-0.39, 0.29) is 16.9 Å². The van der Waals surface area contributed by atoms with Gasteiger partial charge < -0.3 is 10.1 Å². The standard InChI is InChI=1S/C25H23NO4/c1-16-8-12-19(13-9-16)23(27)21-6-4-5-7-22(21)25(29)30-18(3)24(28)26-20-14-10-17(2)11-15-20/h4-15,18H,1-3H3,(H,26,28)/t18-/m0/s1. The van der Waals surface area contributed by atoms with Gasteiger partial charge in [-0.3, -0.25) is 9.59 Å². The van der Waals surface area contributed by atoms with E-state index in [4.69, 9.17) is 4.74 Å². The first-order valence-electron chi connectivity index (χ1n) is 9.64. The lowest BCUT2D eigenvalue weighted by molar-refractivity contribution is -0.123. The van der Waals surface area contributed by atoms with Crippen LogP contribution in [0.25, 0.3) is 0 Å². The summed E-state index contributed by atoms with van der Waals surface area (Å²) in [6.07, 6.45) is -1.03. The van der Waals surface area contributed by atoms with Crippen LogP contribution < -0.4 is 5.32 Å². The van der Waals surface area contributed by atoms with Crippen LogP contribution >= 0.6 is 0 Å². The van der Waals surface area contributed by atoms with E-state index in [0.717, 1.165) is 11.1 Å². The Morgan fingerprint density at radius 2 is 1.30 bits per heavy atom. The molecule has 5 nitrogen and oxygen atoms in total. The summed E-state index contributed by atoms with van der Waals surface area (Å²) in [5, 5.41) is 2.71. The molecule has 1 amide bonds. The zero-order valence-electron chi connectivity index (χ0n) is 17.1. The van der Waals surface area contributed by atoms with Crippen LogP contribution in [0.4, 0.5) is 5.69 Å². The molecule has 30 heavy (non-hydrogen) atoms. The third-order valence-corrected chi connectivity index (χ3v) is 4.68. The smallest absolute Gasteiger partial charge is 0.339 e. The summed E-state index contributed by atoms with van der Waals surface area (Å²) in [5.74, 6) is -1.45. The third-order valence-electron chi connectivity index (χ3n) is 4.68. The molecule has 1 atom stereocenters. The van der Waals surface area contributed by atoms with Crippen LogP contribution in [0.3, 0.4) is 0 Å². The van der Waals surface area contributed by atoms with Crippen molar-refractivity contribution >= 4 is 23.3 Å². The molecule has 3 aromatic rings. The number of nitrogens with one attached hydrogen (secondary N) is 1. The number of carbonyl (C=O) groups excluding carboxylic acids is 3. The van der Waals surface area contributed by atoms with Crippen LogP contribution in [-0.2, 0) is 9.53 Å². The normalized spacial score (nSPS) is 11.4. The number of hydrogen-bond acceptors (Lipinski definition) is 4. The number of anilines is 1. The number of aryl methyl sites for hydroxylation is 2. The van der Waals surface area contributed by atoms with Gasteiger partial charge in [-0.2, -0.15) is 0 Å². The number of ketones is 1. The van der Waals surface area contributed by atoms with Crippen molar-refractivity contribution < 1.29 is 19.1 Å². The highest BCUT2D eigenvalue weighted by Gasteiger charge is 2.23. The molecule has 0 aromatic heterocycles. The molecule has 5 heteroatoms. The van der Waals surface area contributed by atoms with Gasteiger partial charge in [0.15, 0.2) is 11.9 Å².